The summed E-state index contributed by atoms with van der Waals surface area (Å²) >= 11 is 0. The van der Waals surface area contributed by atoms with Crippen LogP contribution in [0, 0.1) is 23.2 Å². The van der Waals surface area contributed by atoms with E-state index in [9.17, 15) is 13.6 Å². The normalized spacial score (nSPS) is 36.0. The quantitative estimate of drug-likeness (QED) is 0.927. The van der Waals surface area contributed by atoms with Gasteiger partial charge in [0.15, 0.2) is 0 Å². The maximum Gasteiger partial charge on any atom is 0.257 e. The largest absolute Gasteiger partial charge is 0.323 e. The van der Waals surface area contributed by atoms with Crippen LogP contribution in [-0.4, -0.2) is 22.1 Å². The van der Waals surface area contributed by atoms with Gasteiger partial charge in [0.05, 0.1) is 17.3 Å². The molecule has 0 saturated heterocycles. The Balaban J connectivity index is 1.47. The van der Waals surface area contributed by atoms with Gasteiger partial charge in [-0.2, -0.15) is 5.10 Å². The lowest BCUT2D eigenvalue weighted by molar-refractivity contribution is -0.140. The van der Waals surface area contributed by atoms with Crippen LogP contribution in [0.25, 0.3) is 0 Å². The highest BCUT2D eigenvalue weighted by atomic mass is 19.3. The first-order chi connectivity index (χ1) is 10.5. The van der Waals surface area contributed by atoms with Crippen LogP contribution in [-0.2, 0) is 11.3 Å². The van der Waals surface area contributed by atoms with E-state index in [1.54, 1.807) is 0 Å². The molecule has 1 N–H and O–H groups in total. The standard InChI is InChI=1S/C16H21F2N3O/c17-14(18)9-21-8-13(7-19-21)20-15(22)16-4-10-1-11(5-16)3-12(2-10)6-16/h7-8,10-12,14H,1-6,9H2,(H,20,22). The molecule has 4 aliphatic rings. The Labute approximate surface area is 128 Å². The minimum absolute atomic E-state index is 0.0724. The summed E-state index contributed by atoms with van der Waals surface area (Å²) in [5.41, 5.74) is 0.306. The molecule has 6 heteroatoms. The molecule has 0 aliphatic heterocycles. The van der Waals surface area contributed by atoms with Gasteiger partial charge in [0.2, 0.25) is 5.91 Å². The van der Waals surface area contributed by atoms with Crippen LogP contribution >= 0.6 is 0 Å². The lowest BCUT2D eigenvalue weighted by Crippen LogP contribution is -2.51. The molecule has 0 aromatic carbocycles. The van der Waals surface area contributed by atoms with Gasteiger partial charge in [0.1, 0.15) is 6.54 Å². The summed E-state index contributed by atoms with van der Waals surface area (Å²) in [6, 6.07) is 0. The first kappa shape index (κ1) is 14.2. The fourth-order valence-corrected chi connectivity index (χ4v) is 5.32. The number of rotatable bonds is 4. The van der Waals surface area contributed by atoms with Crippen molar-refractivity contribution in [2.24, 2.45) is 23.2 Å². The van der Waals surface area contributed by atoms with E-state index in [1.807, 2.05) is 0 Å². The van der Waals surface area contributed by atoms with Crippen molar-refractivity contribution >= 4 is 11.6 Å². The number of hydrogen-bond acceptors (Lipinski definition) is 2. The predicted molar refractivity (Wildman–Crippen MR) is 77.5 cm³/mol. The summed E-state index contributed by atoms with van der Waals surface area (Å²) in [5.74, 6) is 2.19. The number of anilines is 1. The molecule has 4 bridgehead atoms. The summed E-state index contributed by atoms with van der Waals surface area (Å²) in [6.45, 7) is -0.437. The fourth-order valence-electron chi connectivity index (χ4n) is 5.32. The number of amides is 1. The van der Waals surface area contributed by atoms with Crippen LogP contribution in [0.3, 0.4) is 0 Å². The zero-order valence-electron chi connectivity index (χ0n) is 12.5. The number of nitrogens with one attached hydrogen (secondary N) is 1. The van der Waals surface area contributed by atoms with Crippen molar-refractivity contribution in [3.63, 3.8) is 0 Å². The Hall–Kier alpha value is -1.46. The number of hydrogen-bond donors (Lipinski definition) is 1. The SMILES string of the molecule is O=C(Nc1cnn(CC(F)F)c1)C12CC3CC(CC(C3)C1)C2. The molecule has 4 nitrogen and oxygen atoms in total. The molecule has 0 radical (unpaired) electrons. The molecule has 1 amide bonds. The lowest BCUT2D eigenvalue weighted by Gasteiger charge is -2.55. The third-order valence-electron chi connectivity index (χ3n) is 5.74. The summed E-state index contributed by atoms with van der Waals surface area (Å²) in [4.78, 5) is 12.8. The summed E-state index contributed by atoms with van der Waals surface area (Å²) in [6.07, 6.45) is 7.37. The molecular formula is C16H21F2N3O. The third kappa shape index (κ3) is 2.42. The summed E-state index contributed by atoms with van der Waals surface area (Å²) < 4.78 is 25.9. The van der Waals surface area contributed by atoms with Crippen molar-refractivity contribution in [1.29, 1.82) is 0 Å². The number of aromatic nitrogens is 2. The molecule has 0 unspecified atom stereocenters. The smallest absolute Gasteiger partial charge is 0.257 e. The average Bonchev–Trinajstić information content (AvgIpc) is 2.83. The molecule has 120 valence electrons. The van der Waals surface area contributed by atoms with Crippen LogP contribution < -0.4 is 5.32 Å². The van der Waals surface area contributed by atoms with Crippen LogP contribution in [0.15, 0.2) is 12.4 Å². The van der Waals surface area contributed by atoms with Crippen LogP contribution in [0.4, 0.5) is 14.5 Å². The van der Waals surface area contributed by atoms with Crippen molar-refractivity contribution in [3.05, 3.63) is 12.4 Å². The highest BCUT2D eigenvalue weighted by molar-refractivity contribution is 5.95. The zero-order valence-corrected chi connectivity index (χ0v) is 12.5. The van der Waals surface area contributed by atoms with Crippen LogP contribution in [0.1, 0.15) is 38.5 Å². The number of nitrogens with zero attached hydrogens (tertiary/aromatic N) is 2. The molecule has 4 aliphatic carbocycles. The predicted octanol–water partition coefficient (Wildman–Crippen LogP) is 3.30. The number of carbonyl (C=O) groups is 1. The van der Waals surface area contributed by atoms with Gasteiger partial charge in [0, 0.05) is 6.20 Å². The maximum absolute atomic E-state index is 12.8. The molecular weight excluding hydrogens is 288 g/mol. The van der Waals surface area contributed by atoms with Gasteiger partial charge in [-0.05, 0) is 56.3 Å². The topological polar surface area (TPSA) is 46.9 Å². The number of halogens is 2. The van der Waals surface area contributed by atoms with Gasteiger partial charge in [-0.1, -0.05) is 0 Å². The van der Waals surface area contributed by atoms with Gasteiger partial charge in [-0.15, -0.1) is 0 Å². The Morgan fingerprint density at radius 3 is 2.41 bits per heavy atom. The van der Waals surface area contributed by atoms with E-state index in [4.69, 9.17) is 0 Å². The van der Waals surface area contributed by atoms with Crippen LogP contribution in [0.2, 0.25) is 0 Å². The van der Waals surface area contributed by atoms with Gasteiger partial charge in [-0.25, -0.2) is 8.78 Å². The first-order valence-corrected chi connectivity index (χ1v) is 8.14. The van der Waals surface area contributed by atoms with Gasteiger partial charge in [-0.3, -0.25) is 9.48 Å². The number of alkyl halides is 2. The average molecular weight is 309 g/mol. The molecule has 4 saturated carbocycles. The van der Waals surface area contributed by atoms with E-state index in [2.05, 4.69) is 10.4 Å². The fraction of sp³-hybridized carbons (Fsp3) is 0.750. The summed E-state index contributed by atoms with van der Waals surface area (Å²) in [5, 5.41) is 6.80. The maximum atomic E-state index is 12.8. The summed E-state index contributed by atoms with van der Waals surface area (Å²) in [7, 11) is 0. The van der Waals surface area contributed by atoms with E-state index in [-0.39, 0.29) is 11.3 Å². The van der Waals surface area contributed by atoms with E-state index >= 15 is 0 Å². The highest BCUT2D eigenvalue weighted by Gasteiger charge is 2.54. The second kappa shape index (κ2) is 5.03. The van der Waals surface area contributed by atoms with Crippen molar-refractivity contribution in [1.82, 2.24) is 9.78 Å². The minimum atomic E-state index is -2.44. The molecule has 1 aromatic heterocycles. The monoisotopic (exact) mass is 309 g/mol. The third-order valence-corrected chi connectivity index (χ3v) is 5.74. The van der Waals surface area contributed by atoms with Gasteiger partial charge < -0.3 is 5.32 Å². The first-order valence-electron chi connectivity index (χ1n) is 8.14. The van der Waals surface area contributed by atoms with Crippen molar-refractivity contribution in [2.75, 3.05) is 5.32 Å². The molecule has 4 fully saturated rings. The molecule has 0 atom stereocenters. The van der Waals surface area contributed by atoms with E-state index in [0.29, 0.717) is 23.4 Å². The Morgan fingerprint density at radius 1 is 1.27 bits per heavy atom. The Bertz CT molecular complexity index is 548. The molecule has 5 rings (SSSR count). The molecule has 1 heterocycles. The minimum Gasteiger partial charge on any atom is -0.323 e. The van der Waals surface area contributed by atoms with Gasteiger partial charge >= 0.3 is 0 Å². The molecule has 22 heavy (non-hydrogen) atoms. The van der Waals surface area contributed by atoms with E-state index < -0.39 is 13.0 Å². The van der Waals surface area contributed by atoms with E-state index in [0.717, 1.165) is 19.3 Å². The number of carbonyl (C=O) groups excluding carboxylic acids is 1. The zero-order chi connectivity index (χ0) is 15.3. The highest BCUT2D eigenvalue weighted by Crippen LogP contribution is 2.60. The molecule has 1 aromatic rings. The van der Waals surface area contributed by atoms with E-state index in [1.165, 1.54) is 36.3 Å². The van der Waals surface area contributed by atoms with Gasteiger partial charge in [0.25, 0.3) is 6.43 Å². The second-order valence-corrected chi connectivity index (χ2v) is 7.49. The van der Waals surface area contributed by atoms with Crippen molar-refractivity contribution in [2.45, 2.75) is 51.5 Å². The van der Waals surface area contributed by atoms with Crippen LogP contribution in [0.5, 0.6) is 0 Å². The second-order valence-electron chi connectivity index (χ2n) is 7.49. The molecule has 0 spiro atoms. The Kier molecular flexibility index (Phi) is 3.24. The van der Waals surface area contributed by atoms with Crippen molar-refractivity contribution < 1.29 is 13.6 Å². The van der Waals surface area contributed by atoms with Crippen molar-refractivity contribution in [3.8, 4) is 0 Å². The Morgan fingerprint density at radius 2 is 1.86 bits per heavy atom. The lowest BCUT2D eigenvalue weighted by atomic mass is 9.49.